The van der Waals surface area contributed by atoms with Crippen LogP contribution in [-0.4, -0.2) is 26.3 Å². The van der Waals surface area contributed by atoms with E-state index in [1.807, 2.05) is 13.8 Å². The van der Waals surface area contributed by atoms with Gasteiger partial charge in [-0.3, -0.25) is 0 Å². The lowest BCUT2D eigenvalue weighted by Crippen LogP contribution is -2.45. The molecule has 1 fully saturated rings. The van der Waals surface area contributed by atoms with Gasteiger partial charge in [0, 0.05) is 5.54 Å². The van der Waals surface area contributed by atoms with Crippen LogP contribution in [0.5, 0.6) is 0 Å². The van der Waals surface area contributed by atoms with Crippen molar-refractivity contribution in [3.63, 3.8) is 0 Å². The summed E-state index contributed by atoms with van der Waals surface area (Å²) in [6, 6.07) is 0. The molecule has 0 aromatic heterocycles. The molecule has 0 unspecified atom stereocenters. The van der Waals surface area contributed by atoms with Crippen LogP contribution in [0.1, 0.15) is 39.5 Å². The third-order valence-corrected chi connectivity index (χ3v) is 4.33. The van der Waals surface area contributed by atoms with Crippen molar-refractivity contribution in [3.8, 4) is 0 Å². The molecule has 3 N–H and O–H groups in total. The lowest BCUT2D eigenvalue weighted by molar-refractivity contribution is 0.427. The molecule has 1 aliphatic carbocycles. The van der Waals surface area contributed by atoms with Crippen LogP contribution in [0.25, 0.3) is 0 Å². The third kappa shape index (κ3) is 5.49. The van der Waals surface area contributed by atoms with Gasteiger partial charge in [0.15, 0.2) is 0 Å². The van der Waals surface area contributed by atoms with Gasteiger partial charge in [0.1, 0.15) is 0 Å². The van der Waals surface area contributed by atoms with Crippen LogP contribution < -0.4 is 10.5 Å². The second kappa shape index (κ2) is 4.80. The largest absolute Gasteiger partial charge is 0.330 e. The predicted molar refractivity (Wildman–Crippen MR) is 62.0 cm³/mol. The summed E-state index contributed by atoms with van der Waals surface area (Å²) in [5, 5.41) is 0. The highest BCUT2D eigenvalue weighted by molar-refractivity contribution is 7.89. The summed E-state index contributed by atoms with van der Waals surface area (Å²) < 4.78 is 26.1. The summed E-state index contributed by atoms with van der Waals surface area (Å²) in [5.41, 5.74) is 5.01. The summed E-state index contributed by atoms with van der Waals surface area (Å²) in [6.07, 6.45) is 3.85. The Hall–Kier alpha value is -0.130. The van der Waals surface area contributed by atoms with Crippen molar-refractivity contribution in [3.05, 3.63) is 0 Å². The molecule has 0 heterocycles. The highest BCUT2D eigenvalue weighted by Crippen LogP contribution is 2.32. The van der Waals surface area contributed by atoms with E-state index in [0.717, 1.165) is 6.42 Å². The zero-order valence-electron chi connectivity index (χ0n) is 9.62. The summed E-state index contributed by atoms with van der Waals surface area (Å²) in [7, 11) is -3.12. The molecule has 1 rings (SSSR count). The van der Waals surface area contributed by atoms with E-state index in [1.165, 1.54) is 12.8 Å². The lowest BCUT2D eigenvalue weighted by Gasteiger charge is -2.25. The van der Waals surface area contributed by atoms with Gasteiger partial charge >= 0.3 is 0 Å². The molecule has 15 heavy (non-hydrogen) atoms. The zero-order valence-corrected chi connectivity index (χ0v) is 10.4. The van der Waals surface area contributed by atoms with Gasteiger partial charge in [-0.2, -0.15) is 0 Å². The highest BCUT2D eigenvalue weighted by atomic mass is 32.2. The molecule has 0 saturated heterocycles. The molecular formula is C10H22N2O2S. The van der Waals surface area contributed by atoms with E-state index in [-0.39, 0.29) is 5.75 Å². The maximum absolute atomic E-state index is 11.7. The molecule has 0 aliphatic heterocycles. The number of hydrogen-bond donors (Lipinski definition) is 2. The van der Waals surface area contributed by atoms with Gasteiger partial charge in [0.2, 0.25) is 10.0 Å². The minimum absolute atomic E-state index is 0.256. The van der Waals surface area contributed by atoms with Gasteiger partial charge < -0.3 is 5.73 Å². The van der Waals surface area contributed by atoms with Crippen molar-refractivity contribution >= 4 is 10.0 Å². The molecule has 0 aromatic carbocycles. The maximum Gasteiger partial charge on any atom is 0.212 e. The molecule has 0 aromatic rings. The van der Waals surface area contributed by atoms with Gasteiger partial charge in [0.25, 0.3) is 0 Å². The quantitative estimate of drug-likeness (QED) is 0.685. The monoisotopic (exact) mass is 234 g/mol. The fourth-order valence-corrected chi connectivity index (χ4v) is 3.30. The van der Waals surface area contributed by atoms with Crippen LogP contribution in [0, 0.1) is 5.92 Å². The molecular weight excluding hydrogens is 212 g/mol. The fraction of sp³-hybridized carbons (Fsp3) is 1.00. The normalized spacial score (nSPS) is 18.1. The number of hydrogen-bond acceptors (Lipinski definition) is 3. The zero-order chi connectivity index (χ0) is 11.5. The van der Waals surface area contributed by atoms with E-state index >= 15 is 0 Å². The Balaban J connectivity index is 2.39. The summed E-state index contributed by atoms with van der Waals surface area (Å²) in [4.78, 5) is 0. The van der Waals surface area contributed by atoms with Gasteiger partial charge in [-0.1, -0.05) is 12.8 Å². The molecule has 4 nitrogen and oxygen atoms in total. The number of rotatable bonds is 7. The van der Waals surface area contributed by atoms with Crippen LogP contribution in [0.2, 0.25) is 0 Å². The SMILES string of the molecule is CC(C)(CCN)NS(=O)(=O)CCC1CC1. The summed E-state index contributed by atoms with van der Waals surface area (Å²) >= 11 is 0. The van der Waals surface area contributed by atoms with Gasteiger partial charge in [-0.25, -0.2) is 13.1 Å². The van der Waals surface area contributed by atoms with E-state index in [9.17, 15) is 8.42 Å². The Morgan fingerprint density at radius 1 is 1.40 bits per heavy atom. The second-order valence-corrected chi connectivity index (χ2v) is 6.92. The molecule has 0 atom stereocenters. The molecule has 0 radical (unpaired) electrons. The smallest absolute Gasteiger partial charge is 0.212 e. The summed E-state index contributed by atoms with van der Waals surface area (Å²) in [5.74, 6) is 0.908. The number of nitrogens with one attached hydrogen (secondary N) is 1. The first kappa shape index (κ1) is 12.9. The van der Waals surface area contributed by atoms with Crippen LogP contribution >= 0.6 is 0 Å². The standard InChI is InChI=1S/C10H22N2O2S/c1-10(2,6-7-11)12-15(13,14)8-5-9-3-4-9/h9,12H,3-8,11H2,1-2H3. The molecule has 1 saturated carbocycles. The summed E-state index contributed by atoms with van der Waals surface area (Å²) in [6.45, 7) is 4.24. The Labute approximate surface area is 92.7 Å². The maximum atomic E-state index is 11.7. The molecule has 0 bridgehead atoms. The second-order valence-electron chi connectivity index (χ2n) is 5.08. The van der Waals surface area contributed by atoms with Crippen molar-refractivity contribution in [2.45, 2.75) is 45.1 Å². The Bertz CT molecular complexity index is 295. The first-order valence-electron chi connectivity index (χ1n) is 5.56. The van der Waals surface area contributed by atoms with E-state index in [1.54, 1.807) is 0 Å². The highest BCUT2D eigenvalue weighted by Gasteiger charge is 2.27. The topological polar surface area (TPSA) is 72.2 Å². The van der Waals surface area contributed by atoms with E-state index in [2.05, 4.69) is 4.72 Å². The van der Waals surface area contributed by atoms with Crippen LogP contribution in [0.4, 0.5) is 0 Å². The molecule has 90 valence electrons. The van der Waals surface area contributed by atoms with Crippen molar-refractivity contribution in [1.29, 1.82) is 0 Å². The lowest BCUT2D eigenvalue weighted by atomic mass is 10.0. The average molecular weight is 234 g/mol. The van der Waals surface area contributed by atoms with Crippen LogP contribution in [0.3, 0.4) is 0 Å². The van der Waals surface area contributed by atoms with Gasteiger partial charge in [0.05, 0.1) is 5.75 Å². The van der Waals surface area contributed by atoms with Gasteiger partial charge in [-0.15, -0.1) is 0 Å². The number of nitrogens with two attached hydrogens (primary N) is 1. The Morgan fingerprint density at radius 3 is 2.47 bits per heavy atom. The van der Waals surface area contributed by atoms with Crippen molar-refractivity contribution in [1.82, 2.24) is 4.72 Å². The molecule has 1 aliphatic rings. The first-order valence-corrected chi connectivity index (χ1v) is 7.21. The number of sulfonamides is 1. The van der Waals surface area contributed by atoms with E-state index < -0.39 is 15.6 Å². The van der Waals surface area contributed by atoms with Crippen molar-refractivity contribution in [2.75, 3.05) is 12.3 Å². The Morgan fingerprint density at radius 2 is 2.00 bits per heavy atom. The van der Waals surface area contributed by atoms with Crippen molar-refractivity contribution in [2.24, 2.45) is 11.7 Å². The van der Waals surface area contributed by atoms with Crippen LogP contribution in [-0.2, 0) is 10.0 Å². The van der Waals surface area contributed by atoms with E-state index in [0.29, 0.717) is 18.9 Å². The van der Waals surface area contributed by atoms with Gasteiger partial charge in [-0.05, 0) is 39.2 Å². The fourth-order valence-electron chi connectivity index (χ4n) is 1.61. The molecule has 0 spiro atoms. The minimum atomic E-state index is -3.12. The predicted octanol–water partition coefficient (Wildman–Crippen LogP) is 0.833. The minimum Gasteiger partial charge on any atom is -0.330 e. The third-order valence-electron chi connectivity index (χ3n) is 2.69. The average Bonchev–Trinajstić information content (AvgIpc) is 2.80. The molecule has 0 amide bonds. The van der Waals surface area contributed by atoms with E-state index in [4.69, 9.17) is 5.73 Å². The van der Waals surface area contributed by atoms with Crippen molar-refractivity contribution < 1.29 is 8.42 Å². The molecule has 5 heteroatoms. The Kier molecular flexibility index (Phi) is 4.14. The first-order chi connectivity index (χ1) is 6.85. The van der Waals surface area contributed by atoms with Crippen LogP contribution in [0.15, 0.2) is 0 Å².